The first kappa shape index (κ1) is 20.7. The monoisotopic (exact) mass is 447 g/mol. The van der Waals surface area contributed by atoms with Crippen molar-refractivity contribution in [2.45, 2.75) is 69.9 Å². The first-order chi connectivity index (χ1) is 15.3. The topological polar surface area (TPSA) is 120 Å². The normalized spacial score (nSPS) is 25.3. The molecule has 170 valence electrons. The van der Waals surface area contributed by atoms with Gasteiger partial charge in [0.05, 0.1) is 11.6 Å². The Morgan fingerprint density at radius 1 is 1.38 bits per heavy atom. The molecule has 1 aliphatic heterocycles. The summed E-state index contributed by atoms with van der Waals surface area (Å²) in [4.78, 5) is 22.0. The summed E-state index contributed by atoms with van der Waals surface area (Å²) in [6.07, 6.45) is 6.34. The number of rotatable bonds is 5. The number of hydrogen-bond acceptors (Lipinski definition) is 8. The molecule has 3 atom stereocenters. The maximum absolute atomic E-state index is 13.1. The Hall–Kier alpha value is -3.15. The molecule has 32 heavy (non-hydrogen) atoms. The van der Waals surface area contributed by atoms with Gasteiger partial charge in [-0.25, -0.2) is 4.98 Å². The van der Waals surface area contributed by atoms with Gasteiger partial charge in [-0.2, -0.15) is 13.8 Å². The third-order valence-electron chi connectivity index (χ3n) is 6.32. The molecule has 1 fully saturated rings. The van der Waals surface area contributed by atoms with E-state index in [1.165, 1.54) is 16.8 Å². The smallest absolute Gasteiger partial charge is 0.387 e. The lowest BCUT2D eigenvalue weighted by atomic mass is 10.00. The van der Waals surface area contributed by atoms with Crippen LogP contribution in [0.1, 0.15) is 44.5 Å². The lowest BCUT2D eigenvalue weighted by Gasteiger charge is -2.29. The molecule has 4 heterocycles. The van der Waals surface area contributed by atoms with Gasteiger partial charge in [-0.3, -0.25) is 9.36 Å². The van der Waals surface area contributed by atoms with Crippen molar-refractivity contribution in [1.82, 2.24) is 29.3 Å². The molecule has 1 aliphatic carbocycles. The van der Waals surface area contributed by atoms with E-state index in [0.717, 1.165) is 18.8 Å². The lowest BCUT2D eigenvalue weighted by molar-refractivity contribution is -0.0513. The molecule has 0 bridgehead atoms. The van der Waals surface area contributed by atoms with Gasteiger partial charge >= 0.3 is 6.61 Å². The Morgan fingerprint density at radius 2 is 2.22 bits per heavy atom. The van der Waals surface area contributed by atoms with Gasteiger partial charge in [0.2, 0.25) is 5.95 Å². The average Bonchev–Trinajstić information content (AvgIpc) is 3.34. The van der Waals surface area contributed by atoms with Crippen molar-refractivity contribution >= 4 is 17.0 Å². The van der Waals surface area contributed by atoms with Gasteiger partial charge in [0.15, 0.2) is 5.75 Å². The van der Waals surface area contributed by atoms with Crippen molar-refractivity contribution in [2.75, 3.05) is 5.32 Å². The molecule has 0 spiro atoms. The molecule has 3 aromatic heterocycles. The van der Waals surface area contributed by atoms with Gasteiger partial charge < -0.3 is 19.7 Å². The predicted octanol–water partition coefficient (Wildman–Crippen LogP) is 1.89. The summed E-state index contributed by atoms with van der Waals surface area (Å²) in [5.74, 6) is 0.678. The largest absolute Gasteiger partial charge is 0.429 e. The molecule has 2 N–H and O–H groups in total. The van der Waals surface area contributed by atoms with E-state index >= 15 is 0 Å². The van der Waals surface area contributed by atoms with Crippen LogP contribution in [0.15, 0.2) is 23.4 Å². The third kappa shape index (κ3) is 3.68. The van der Waals surface area contributed by atoms with E-state index < -0.39 is 29.6 Å². The number of ether oxygens (including phenoxy) is 1. The van der Waals surface area contributed by atoms with Crippen LogP contribution in [-0.2, 0) is 13.0 Å². The van der Waals surface area contributed by atoms with Gasteiger partial charge in [-0.15, -0.1) is 10.2 Å². The number of fused-ring (bicyclic) bond motifs is 2. The fraction of sp³-hybridized carbons (Fsp3) is 0.550. The second kappa shape index (κ2) is 7.76. The fourth-order valence-electron chi connectivity index (χ4n) is 4.72. The minimum atomic E-state index is -3.15. The Balaban J connectivity index is 1.55. The molecule has 0 radical (unpaired) electrons. The van der Waals surface area contributed by atoms with E-state index in [1.807, 2.05) is 4.57 Å². The summed E-state index contributed by atoms with van der Waals surface area (Å²) < 4.78 is 33.5. The van der Waals surface area contributed by atoms with Gasteiger partial charge in [0.25, 0.3) is 5.56 Å². The second-order valence-electron chi connectivity index (χ2n) is 8.57. The summed E-state index contributed by atoms with van der Waals surface area (Å²) in [6.45, 7) is -0.743. The van der Waals surface area contributed by atoms with E-state index in [1.54, 1.807) is 13.3 Å². The summed E-state index contributed by atoms with van der Waals surface area (Å²) in [7, 11) is 0. The van der Waals surface area contributed by atoms with Crippen molar-refractivity contribution in [3.8, 4) is 5.75 Å². The predicted molar refractivity (Wildman–Crippen MR) is 110 cm³/mol. The Morgan fingerprint density at radius 3 is 2.97 bits per heavy atom. The summed E-state index contributed by atoms with van der Waals surface area (Å²) in [5, 5.41) is 22.5. The number of hydrogen-bond donors (Lipinski definition) is 2. The third-order valence-corrected chi connectivity index (χ3v) is 6.32. The second-order valence-corrected chi connectivity index (χ2v) is 8.57. The SMILES string of the molecule is C[C@@]1(O)CCC[C@H]1n1c(=O)c(OC(F)F)cc2cnc(NC3CCn4cnnc4C3)nc21. The number of halogens is 2. The molecule has 12 heteroatoms. The van der Waals surface area contributed by atoms with Crippen LogP contribution >= 0.6 is 0 Å². The molecule has 1 unspecified atom stereocenters. The van der Waals surface area contributed by atoms with Crippen LogP contribution in [0.4, 0.5) is 14.7 Å². The Kier molecular flexibility index (Phi) is 5.03. The van der Waals surface area contributed by atoms with E-state index in [2.05, 4.69) is 30.2 Å². The molecular formula is C20H23F2N7O3. The van der Waals surface area contributed by atoms with Gasteiger partial charge in [-0.1, -0.05) is 0 Å². The van der Waals surface area contributed by atoms with Crippen molar-refractivity contribution < 1.29 is 18.6 Å². The van der Waals surface area contributed by atoms with Crippen LogP contribution in [0.25, 0.3) is 11.0 Å². The lowest BCUT2D eigenvalue weighted by Crippen LogP contribution is -2.38. The number of aryl methyl sites for hydroxylation is 1. The van der Waals surface area contributed by atoms with E-state index in [4.69, 9.17) is 0 Å². The summed E-state index contributed by atoms with van der Waals surface area (Å²) >= 11 is 0. The molecular weight excluding hydrogens is 424 g/mol. The minimum absolute atomic E-state index is 0.0281. The maximum atomic E-state index is 13.1. The van der Waals surface area contributed by atoms with Crippen molar-refractivity contribution in [1.29, 1.82) is 0 Å². The van der Waals surface area contributed by atoms with E-state index in [-0.39, 0.29) is 11.7 Å². The zero-order valence-corrected chi connectivity index (χ0v) is 17.4. The fourth-order valence-corrected chi connectivity index (χ4v) is 4.72. The van der Waals surface area contributed by atoms with Crippen molar-refractivity contribution in [3.05, 3.63) is 34.8 Å². The molecule has 5 rings (SSSR count). The average molecular weight is 447 g/mol. The summed E-state index contributed by atoms with van der Waals surface area (Å²) in [6, 6.07) is 0.631. The molecule has 0 aromatic carbocycles. The van der Waals surface area contributed by atoms with E-state index in [0.29, 0.717) is 37.0 Å². The van der Waals surface area contributed by atoms with Crippen LogP contribution in [0.3, 0.4) is 0 Å². The highest BCUT2D eigenvalue weighted by Gasteiger charge is 2.40. The molecule has 1 saturated carbocycles. The zero-order chi connectivity index (χ0) is 22.5. The Labute approximate surface area is 181 Å². The maximum Gasteiger partial charge on any atom is 0.387 e. The number of aromatic nitrogens is 6. The van der Waals surface area contributed by atoms with E-state index in [9.17, 15) is 18.7 Å². The van der Waals surface area contributed by atoms with Crippen LogP contribution < -0.4 is 15.6 Å². The first-order valence-corrected chi connectivity index (χ1v) is 10.5. The number of aliphatic hydroxyl groups is 1. The highest BCUT2D eigenvalue weighted by Crippen LogP contribution is 2.40. The minimum Gasteiger partial charge on any atom is -0.429 e. The zero-order valence-electron chi connectivity index (χ0n) is 17.4. The summed E-state index contributed by atoms with van der Waals surface area (Å²) in [5.41, 5.74) is -1.66. The number of pyridine rings is 1. The number of nitrogens with zero attached hydrogens (tertiary/aromatic N) is 6. The van der Waals surface area contributed by atoms with Gasteiger partial charge in [0.1, 0.15) is 17.8 Å². The molecule has 10 nitrogen and oxygen atoms in total. The number of anilines is 1. The van der Waals surface area contributed by atoms with Crippen molar-refractivity contribution in [3.63, 3.8) is 0 Å². The quantitative estimate of drug-likeness (QED) is 0.609. The molecule has 0 amide bonds. The molecule has 2 aliphatic rings. The number of alkyl halides is 2. The first-order valence-electron chi connectivity index (χ1n) is 10.5. The van der Waals surface area contributed by atoms with Gasteiger partial charge in [-0.05, 0) is 38.7 Å². The number of nitrogens with one attached hydrogen (secondary N) is 1. The standard InChI is InChI=1S/C20H23F2N7O3/c1-20(31)5-2-3-14(20)29-16-11(7-13(17(29)30)32-18(21)22)9-23-19(26-16)25-12-4-6-28-10-24-27-15(28)8-12/h7,9-10,12,14,18,31H,2-6,8H2,1H3,(H,23,25,26)/t12?,14-,20-/m1/s1. The Bertz CT molecular complexity index is 1210. The van der Waals surface area contributed by atoms with Crippen LogP contribution in [0.2, 0.25) is 0 Å². The van der Waals surface area contributed by atoms with Crippen molar-refractivity contribution in [2.24, 2.45) is 0 Å². The molecule has 3 aromatic rings. The van der Waals surface area contributed by atoms with Crippen LogP contribution in [-0.4, -0.2) is 52.7 Å². The molecule has 0 saturated heterocycles. The van der Waals surface area contributed by atoms with Crippen LogP contribution in [0, 0.1) is 0 Å². The highest BCUT2D eigenvalue weighted by atomic mass is 19.3. The van der Waals surface area contributed by atoms with Gasteiger partial charge in [0, 0.05) is 30.6 Å². The van der Waals surface area contributed by atoms with Crippen LogP contribution in [0.5, 0.6) is 5.75 Å². The highest BCUT2D eigenvalue weighted by molar-refractivity contribution is 5.77.